The minimum atomic E-state index is -4.13. The Morgan fingerprint density at radius 3 is 1.72 bits per heavy atom. The maximum atomic E-state index is 13.0. The molecule has 0 saturated heterocycles. The van der Waals surface area contributed by atoms with Crippen molar-refractivity contribution in [1.82, 2.24) is 4.98 Å². The molecule has 0 unspecified atom stereocenters. The molecule has 14 nitrogen and oxygen atoms in total. The third-order valence-electron chi connectivity index (χ3n) is 8.00. The largest absolute Gasteiger partial charge is 0.494 e. The summed E-state index contributed by atoms with van der Waals surface area (Å²) in [4.78, 5) is 40.4. The maximum Gasteiger partial charge on any atom is 0.356 e. The lowest BCUT2D eigenvalue weighted by atomic mass is 10.1. The first-order chi connectivity index (χ1) is 25.2. The molecule has 0 aliphatic heterocycles. The van der Waals surface area contributed by atoms with Crippen molar-refractivity contribution in [2.45, 2.75) is 75.0 Å². The fourth-order valence-corrected chi connectivity index (χ4v) is 7.27. The lowest BCUT2D eigenvalue weighted by molar-refractivity contribution is -0.116. The van der Waals surface area contributed by atoms with Crippen molar-refractivity contribution in [3.63, 3.8) is 0 Å². The molecular weight excluding hydrogens is 725 g/mol. The Hall–Kier alpha value is -5.48. The molecule has 1 aromatic heterocycles. The van der Waals surface area contributed by atoms with E-state index in [2.05, 4.69) is 33.6 Å². The van der Waals surface area contributed by atoms with Crippen LogP contribution in [0.3, 0.4) is 0 Å². The van der Waals surface area contributed by atoms with Gasteiger partial charge in [0.25, 0.3) is 20.0 Å². The molecule has 0 bridgehead atoms. The van der Waals surface area contributed by atoms with Gasteiger partial charge in [0.05, 0.1) is 33.3 Å². The van der Waals surface area contributed by atoms with Crippen LogP contribution in [0.5, 0.6) is 5.75 Å². The van der Waals surface area contributed by atoms with Gasteiger partial charge in [-0.3, -0.25) is 14.2 Å². The molecule has 16 heteroatoms. The Balaban J connectivity index is 1.32. The number of carboxylic acids is 2. The molecule has 4 rings (SSSR count). The van der Waals surface area contributed by atoms with E-state index >= 15 is 0 Å². The number of sulfonamides is 2. The molecule has 53 heavy (non-hydrogen) atoms. The molecule has 1 heterocycles. The van der Waals surface area contributed by atoms with E-state index < -0.39 is 43.6 Å². The van der Waals surface area contributed by atoms with Gasteiger partial charge in [0, 0.05) is 6.42 Å². The number of nitrogens with zero attached hydrogens (tertiary/aromatic N) is 1. The summed E-state index contributed by atoms with van der Waals surface area (Å²) < 4.78 is 62.0. The van der Waals surface area contributed by atoms with Crippen LogP contribution in [-0.4, -0.2) is 56.5 Å². The second kappa shape index (κ2) is 18.3. The molecule has 282 valence electrons. The molecule has 0 atom stereocenters. The summed E-state index contributed by atoms with van der Waals surface area (Å²) in [6, 6.07) is 19.0. The molecule has 0 aliphatic rings. The van der Waals surface area contributed by atoms with E-state index in [1.807, 2.05) is 0 Å². The molecule has 3 aromatic carbocycles. The molecule has 0 aliphatic carbocycles. The molecule has 0 spiro atoms. The van der Waals surface area contributed by atoms with E-state index in [4.69, 9.17) is 4.74 Å². The topological polar surface area (TPSA) is 218 Å². The molecule has 0 saturated carbocycles. The number of carboxylic acid groups (broad SMARTS) is 2. The smallest absolute Gasteiger partial charge is 0.356 e. The fraction of sp³-hybridized carbons (Fsp3) is 0.297. The zero-order valence-electron chi connectivity index (χ0n) is 29.3. The number of unbranched alkanes of at least 4 members (excludes halogenated alkanes) is 2. The Labute approximate surface area is 308 Å². The lowest BCUT2D eigenvalue weighted by Gasteiger charge is -2.13. The first-order valence-corrected chi connectivity index (χ1v) is 20.0. The van der Waals surface area contributed by atoms with Crippen molar-refractivity contribution in [3.05, 3.63) is 101 Å². The third kappa shape index (κ3) is 11.5. The quantitative estimate of drug-likeness (QED) is 0.0607. The zero-order chi connectivity index (χ0) is 38.6. The van der Waals surface area contributed by atoms with Crippen molar-refractivity contribution in [2.24, 2.45) is 0 Å². The summed E-state index contributed by atoms with van der Waals surface area (Å²) in [6.45, 7) is 4.10. The number of aromatic nitrogens is 1. The molecule has 0 radical (unpaired) electrons. The number of ether oxygens (including phenoxy) is 1. The minimum absolute atomic E-state index is 0.0123. The number of rotatable bonds is 20. The highest BCUT2D eigenvalue weighted by Crippen LogP contribution is 2.26. The van der Waals surface area contributed by atoms with Gasteiger partial charge in [-0.2, -0.15) is 0 Å². The van der Waals surface area contributed by atoms with E-state index in [-0.39, 0.29) is 57.7 Å². The van der Waals surface area contributed by atoms with Crippen LogP contribution in [0.2, 0.25) is 0 Å². The second-order valence-electron chi connectivity index (χ2n) is 12.1. The van der Waals surface area contributed by atoms with Crippen LogP contribution in [0.15, 0.2) is 88.7 Å². The molecule has 5 N–H and O–H groups in total. The number of amides is 1. The van der Waals surface area contributed by atoms with E-state index in [9.17, 15) is 41.4 Å². The minimum Gasteiger partial charge on any atom is -0.494 e. The number of pyridine rings is 1. The van der Waals surface area contributed by atoms with Gasteiger partial charge in [-0.05, 0) is 97.8 Å². The van der Waals surface area contributed by atoms with Gasteiger partial charge in [0.1, 0.15) is 11.6 Å². The zero-order valence-corrected chi connectivity index (χ0v) is 30.9. The first-order valence-electron chi connectivity index (χ1n) is 17.0. The fourth-order valence-electron chi connectivity index (χ4n) is 5.12. The van der Waals surface area contributed by atoms with Crippen LogP contribution < -0.4 is 19.5 Å². The van der Waals surface area contributed by atoms with Gasteiger partial charge in [0.2, 0.25) is 5.91 Å². The third-order valence-corrected chi connectivity index (χ3v) is 10.8. The van der Waals surface area contributed by atoms with Gasteiger partial charge < -0.3 is 20.3 Å². The number of benzene rings is 3. The average molecular weight is 767 g/mol. The number of carbonyl (C=O) groups is 3. The Morgan fingerprint density at radius 2 is 1.21 bits per heavy atom. The average Bonchev–Trinajstić information content (AvgIpc) is 3.12. The van der Waals surface area contributed by atoms with Crippen LogP contribution in [0.1, 0.15) is 84.3 Å². The van der Waals surface area contributed by atoms with E-state index in [1.54, 1.807) is 24.3 Å². The summed E-state index contributed by atoms with van der Waals surface area (Å²) in [7, 11) is -8.21. The van der Waals surface area contributed by atoms with E-state index in [0.29, 0.717) is 0 Å². The standard InChI is InChI=1S/C37H42N4O10S2/c1-3-5-8-25-11-16-28(17-12-25)52(47,48)40-31-20-15-27(24-30(31)36(43)44)51-23-7-10-34(42)38-33-22-21-32(35(39-33)37(45)46)41-53(49,50)29-18-13-26(14-19-29)9-6-4-2/h11-22,24,40-41H,3-10,23H2,1-2H3,(H,43,44)(H,45,46)(H,38,39,42). The van der Waals surface area contributed by atoms with Gasteiger partial charge in [-0.1, -0.05) is 51.0 Å². The summed E-state index contributed by atoms with van der Waals surface area (Å²) in [5, 5.41) is 21.9. The predicted molar refractivity (Wildman–Crippen MR) is 200 cm³/mol. The number of carbonyl (C=O) groups excluding carboxylic acids is 1. The monoisotopic (exact) mass is 766 g/mol. The Bertz CT molecular complexity index is 2140. The SMILES string of the molecule is CCCCc1ccc(S(=O)(=O)Nc2ccc(OCCCC(=O)Nc3ccc(NS(=O)(=O)c4ccc(CCCC)cc4)c(C(=O)O)n3)cc2C(=O)O)cc1. The highest BCUT2D eigenvalue weighted by atomic mass is 32.2. The van der Waals surface area contributed by atoms with Crippen molar-refractivity contribution in [3.8, 4) is 5.75 Å². The second-order valence-corrected chi connectivity index (χ2v) is 15.5. The molecule has 0 fully saturated rings. The Kier molecular flexibility index (Phi) is 13.9. The number of anilines is 3. The van der Waals surface area contributed by atoms with Gasteiger partial charge in [-0.25, -0.2) is 31.4 Å². The number of nitrogens with one attached hydrogen (secondary N) is 3. The number of aryl methyl sites for hydroxylation is 2. The van der Waals surface area contributed by atoms with Crippen molar-refractivity contribution >= 4 is 55.1 Å². The lowest BCUT2D eigenvalue weighted by Crippen LogP contribution is -2.18. The van der Waals surface area contributed by atoms with Crippen LogP contribution in [0.25, 0.3) is 0 Å². The van der Waals surface area contributed by atoms with E-state index in [0.717, 1.165) is 49.7 Å². The van der Waals surface area contributed by atoms with Crippen LogP contribution in [0.4, 0.5) is 17.2 Å². The van der Waals surface area contributed by atoms with Crippen molar-refractivity contribution in [1.29, 1.82) is 0 Å². The van der Waals surface area contributed by atoms with Crippen LogP contribution in [0, 0.1) is 0 Å². The summed E-state index contributed by atoms with van der Waals surface area (Å²) in [6.07, 6.45) is 5.64. The number of aromatic carboxylic acids is 2. The highest BCUT2D eigenvalue weighted by Gasteiger charge is 2.22. The van der Waals surface area contributed by atoms with Gasteiger partial charge in [-0.15, -0.1) is 0 Å². The van der Waals surface area contributed by atoms with Crippen molar-refractivity contribution in [2.75, 3.05) is 21.4 Å². The summed E-state index contributed by atoms with van der Waals surface area (Å²) in [5.74, 6) is -3.43. The maximum absolute atomic E-state index is 13.0. The molecule has 1 amide bonds. The summed E-state index contributed by atoms with van der Waals surface area (Å²) in [5.41, 5.74) is 0.591. The van der Waals surface area contributed by atoms with Gasteiger partial charge in [0.15, 0.2) is 5.69 Å². The molecule has 4 aromatic rings. The molecular formula is C37H42N4O10S2. The first kappa shape index (κ1) is 40.3. The van der Waals surface area contributed by atoms with Gasteiger partial charge >= 0.3 is 11.9 Å². The van der Waals surface area contributed by atoms with Crippen LogP contribution in [-0.2, 0) is 37.7 Å². The van der Waals surface area contributed by atoms with Crippen LogP contribution >= 0.6 is 0 Å². The highest BCUT2D eigenvalue weighted by molar-refractivity contribution is 7.93. The summed E-state index contributed by atoms with van der Waals surface area (Å²) >= 11 is 0. The van der Waals surface area contributed by atoms with E-state index in [1.165, 1.54) is 54.6 Å². The number of hydrogen-bond acceptors (Lipinski definition) is 9. The Morgan fingerprint density at radius 1 is 0.679 bits per heavy atom. The number of hydrogen-bond donors (Lipinski definition) is 5. The normalized spacial score (nSPS) is 11.4. The van der Waals surface area contributed by atoms with Crippen molar-refractivity contribution < 1.29 is 46.2 Å². The predicted octanol–water partition coefficient (Wildman–Crippen LogP) is 6.56.